The van der Waals surface area contributed by atoms with Crippen LogP contribution in [0.5, 0.6) is 0 Å². The van der Waals surface area contributed by atoms with Gasteiger partial charge < -0.3 is 0 Å². The lowest BCUT2D eigenvalue weighted by Crippen LogP contribution is -3.61. The molecule has 6 heteroatoms. The lowest BCUT2D eigenvalue weighted by atomic mass is 9.87. The van der Waals surface area contributed by atoms with Crippen LogP contribution in [0.1, 0.15) is 52.7 Å². The number of halogens is 2. The maximum atomic E-state index is 8.49. The van der Waals surface area contributed by atoms with Crippen LogP contribution in [0, 0.1) is 17.4 Å². The van der Waals surface area contributed by atoms with E-state index in [2.05, 4.69) is 90.1 Å². The number of hydrogen-bond donors (Lipinski definition) is 0. The molecule has 0 radical (unpaired) electrons. The maximum Gasteiger partial charge on any atom is 0.357 e. The fourth-order valence-electron chi connectivity index (χ4n) is 2.15. The van der Waals surface area contributed by atoms with Crippen LogP contribution in [-0.4, -0.2) is 0 Å². The van der Waals surface area contributed by atoms with Gasteiger partial charge >= 0.3 is 21.2 Å². The molecule has 0 saturated heterocycles. The minimum absolute atomic E-state index is 0.0703. The normalized spacial score (nSPS) is 12.4. The monoisotopic (exact) mass is 492 g/mol. The van der Waals surface area contributed by atoms with Crippen LogP contribution in [-0.2, 0) is 10.8 Å². The molecule has 0 heterocycles. The van der Waals surface area contributed by atoms with Crippen molar-refractivity contribution in [3.05, 3.63) is 66.8 Å². The van der Waals surface area contributed by atoms with E-state index < -0.39 is 10.2 Å². The Morgan fingerprint density at radius 3 is 1.00 bits per heavy atom. The molecule has 0 fully saturated rings. The fraction of sp³-hybridized carbons (Fsp3) is 0.400. The summed E-state index contributed by atoms with van der Waals surface area (Å²) < 4.78 is 37.0. The Morgan fingerprint density at radius 2 is 0.808 bits per heavy atom. The molecule has 26 heavy (non-hydrogen) atoms. The largest absolute Gasteiger partial charge is 0.357 e. The van der Waals surface area contributed by atoms with Crippen LogP contribution in [0.3, 0.4) is 0 Å². The van der Waals surface area contributed by atoms with Crippen molar-refractivity contribution in [2.75, 3.05) is 0 Å². The second kappa shape index (κ2) is 8.99. The van der Waals surface area contributed by atoms with Gasteiger partial charge in [0.25, 0.3) is 0 Å². The third-order valence-electron chi connectivity index (χ3n) is 3.64. The van der Waals surface area contributed by atoms with Gasteiger partial charge in [0, 0.05) is 0 Å². The van der Waals surface area contributed by atoms with Gasteiger partial charge in [0.15, 0.2) is 7.14 Å². The predicted molar refractivity (Wildman–Crippen MR) is 87.7 cm³/mol. The molecule has 2 rings (SSSR count). The Labute approximate surface area is 168 Å². The van der Waals surface area contributed by atoms with Crippen LogP contribution in [0.4, 0.5) is 0 Å². The summed E-state index contributed by atoms with van der Waals surface area (Å²) >= 11 is -0.0703. The predicted octanol–water partition coefficient (Wildman–Crippen LogP) is -2.35. The standard InChI is InChI=1S/C20H26I.ClHO4/c1-19(2,3)15-7-11-17(12-8-15)21-18-13-9-16(10-14-18)20(4,5)6;2-1(3,4)5/h7-14H,1-6H3;(H,2,3,4,5)/q+1;/p-1. The lowest BCUT2D eigenvalue weighted by molar-refractivity contribution is -2.00. The first-order valence-electron chi connectivity index (χ1n) is 8.14. The van der Waals surface area contributed by atoms with E-state index in [0.29, 0.717) is 0 Å². The molecule has 0 spiro atoms. The minimum Gasteiger partial charge on any atom is -0.222 e. The zero-order valence-corrected chi connectivity index (χ0v) is 18.9. The smallest absolute Gasteiger partial charge is 0.222 e. The molecule has 0 bridgehead atoms. The van der Waals surface area contributed by atoms with E-state index in [1.165, 1.54) is 18.3 Å². The van der Waals surface area contributed by atoms with E-state index >= 15 is 0 Å². The minimum atomic E-state index is -4.94. The molecular weight excluding hydrogens is 467 g/mol. The van der Waals surface area contributed by atoms with E-state index in [4.69, 9.17) is 18.6 Å². The van der Waals surface area contributed by atoms with Gasteiger partial charge in [-0.25, -0.2) is 18.6 Å². The van der Waals surface area contributed by atoms with E-state index in [-0.39, 0.29) is 32.0 Å². The Hall–Kier alpha value is -0.700. The summed E-state index contributed by atoms with van der Waals surface area (Å²) in [5.74, 6) is 0. The van der Waals surface area contributed by atoms with Crippen molar-refractivity contribution in [3.8, 4) is 0 Å². The van der Waals surface area contributed by atoms with Crippen LogP contribution in [0.25, 0.3) is 0 Å². The molecule has 2 aromatic carbocycles. The molecule has 4 nitrogen and oxygen atoms in total. The summed E-state index contributed by atoms with van der Waals surface area (Å²) in [5, 5.41) is 0. The molecule has 0 unspecified atom stereocenters. The topological polar surface area (TPSA) is 92.2 Å². The fourth-order valence-corrected chi connectivity index (χ4v) is 4.31. The molecule has 0 N–H and O–H groups in total. The highest BCUT2D eigenvalue weighted by Crippen LogP contribution is 2.21. The van der Waals surface area contributed by atoms with Gasteiger partial charge in [-0.05, 0) is 46.2 Å². The van der Waals surface area contributed by atoms with E-state index in [1.807, 2.05) is 0 Å². The van der Waals surface area contributed by atoms with Crippen LogP contribution in [0.2, 0.25) is 0 Å². The zero-order valence-electron chi connectivity index (χ0n) is 16.0. The zero-order chi connectivity index (χ0) is 20.2. The molecule has 0 aliphatic carbocycles. The highest BCUT2D eigenvalue weighted by atomic mass is 127. The molecule has 144 valence electrons. The summed E-state index contributed by atoms with van der Waals surface area (Å²) in [5.41, 5.74) is 3.31. The molecule has 0 aromatic heterocycles. The summed E-state index contributed by atoms with van der Waals surface area (Å²) in [6.07, 6.45) is 0. The van der Waals surface area contributed by atoms with Crippen LogP contribution in [0.15, 0.2) is 48.5 Å². The van der Waals surface area contributed by atoms with E-state index in [0.717, 1.165) is 0 Å². The molecule has 2 aromatic rings. The van der Waals surface area contributed by atoms with Crippen molar-refractivity contribution in [2.24, 2.45) is 0 Å². The molecule has 0 aliphatic rings. The second-order valence-corrected chi connectivity index (χ2v) is 11.8. The van der Waals surface area contributed by atoms with Gasteiger partial charge in [-0.1, -0.05) is 65.8 Å². The van der Waals surface area contributed by atoms with Gasteiger partial charge in [-0.2, -0.15) is 0 Å². The van der Waals surface area contributed by atoms with Gasteiger partial charge in [0.2, 0.25) is 0 Å². The summed E-state index contributed by atoms with van der Waals surface area (Å²) in [7, 11) is -4.94. The van der Waals surface area contributed by atoms with Crippen molar-refractivity contribution in [1.82, 2.24) is 0 Å². The van der Waals surface area contributed by atoms with E-state index in [1.54, 1.807) is 0 Å². The lowest BCUT2D eigenvalue weighted by Gasteiger charge is -2.18. The highest BCUT2D eigenvalue weighted by Gasteiger charge is 2.20. The molecule has 0 aliphatic heterocycles. The Balaban J connectivity index is 0.000000597. The molecular formula is C20H26ClIO4. The maximum absolute atomic E-state index is 8.49. The van der Waals surface area contributed by atoms with Crippen LogP contribution >= 0.6 is 0 Å². The molecule has 0 saturated carbocycles. The van der Waals surface area contributed by atoms with Crippen molar-refractivity contribution in [2.45, 2.75) is 52.4 Å². The van der Waals surface area contributed by atoms with Gasteiger partial charge in [0.1, 0.15) is 0 Å². The van der Waals surface area contributed by atoms with Crippen molar-refractivity contribution in [3.63, 3.8) is 0 Å². The van der Waals surface area contributed by atoms with Gasteiger partial charge in [-0.15, -0.1) is 10.2 Å². The summed E-state index contributed by atoms with van der Waals surface area (Å²) in [6, 6.07) is 18.4. The van der Waals surface area contributed by atoms with Crippen molar-refractivity contribution >= 4 is 0 Å². The van der Waals surface area contributed by atoms with Crippen molar-refractivity contribution < 1.29 is 50.1 Å². The third kappa shape index (κ3) is 9.30. The van der Waals surface area contributed by atoms with Crippen LogP contribution < -0.4 is 39.8 Å². The van der Waals surface area contributed by atoms with E-state index in [9.17, 15) is 0 Å². The number of benzene rings is 2. The molecule has 0 amide bonds. The third-order valence-corrected chi connectivity index (χ3v) is 6.32. The Morgan fingerprint density at radius 1 is 0.577 bits per heavy atom. The average Bonchev–Trinajstić information content (AvgIpc) is 2.45. The Bertz CT molecular complexity index is 617. The van der Waals surface area contributed by atoms with Crippen molar-refractivity contribution in [1.29, 1.82) is 0 Å². The second-order valence-electron chi connectivity index (χ2n) is 7.99. The first-order chi connectivity index (χ1) is 11.7. The van der Waals surface area contributed by atoms with Gasteiger partial charge in [-0.3, -0.25) is 0 Å². The highest BCUT2D eigenvalue weighted by molar-refractivity contribution is 5.23. The first kappa shape index (κ1) is 23.3. The summed E-state index contributed by atoms with van der Waals surface area (Å²) in [4.78, 5) is 0. The average molecular weight is 493 g/mol. The Kier molecular flexibility index (Phi) is 8.07. The quantitative estimate of drug-likeness (QED) is 0.439. The SMILES string of the molecule is CC(C)(C)c1ccc([I+]c2ccc(C(C)(C)C)cc2)cc1.[O-][Cl+3]([O-])([O-])[O-]. The number of rotatable bonds is 2. The summed E-state index contributed by atoms with van der Waals surface area (Å²) in [6.45, 7) is 13.6. The number of hydrogen-bond acceptors (Lipinski definition) is 4. The van der Waals surface area contributed by atoms with Gasteiger partial charge in [0.05, 0.1) is 0 Å². The first-order valence-corrected chi connectivity index (χ1v) is 11.5. The molecule has 0 atom stereocenters.